The van der Waals surface area contributed by atoms with Crippen molar-refractivity contribution in [2.24, 2.45) is 5.73 Å². The van der Waals surface area contributed by atoms with Crippen LogP contribution in [0.25, 0.3) is 0 Å². The summed E-state index contributed by atoms with van der Waals surface area (Å²) in [5.74, 6) is 0.659. The zero-order valence-electron chi connectivity index (χ0n) is 10.6. The molecule has 94 valence electrons. The van der Waals surface area contributed by atoms with E-state index in [0.29, 0.717) is 6.42 Å². The van der Waals surface area contributed by atoms with Crippen LogP contribution in [-0.4, -0.2) is 19.1 Å². The lowest BCUT2D eigenvalue weighted by molar-refractivity contribution is -0.123. The van der Waals surface area contributed by atoms with E-state index in [0.717, 1.165) is 11.3 Å². The fraction of sp³-hybridized carbons (Fsp3) is 0.462. The molecule has 0 aliphatic heterocycles. The number of nitrogens with one attached hydrogen (secondary N) is 1. The van der Waals surface area contributed by atoms with Crippen LogP contribution < -0.4 is 15.8 Å². The van der Waals surface area contributed by atoms with Crippen LogP contribution in [0, 0.1) is 0 Å². The number of hydrogen-bond donors (Lipinski definition) is 2. The van der Waals surface area contributed by atoms with Crippen molar-refractivity contribution in [2.45, 2.75) is 32.4 Å². The van der Waals surface area contributed by atoms with Crippen LogP contribution >= 0.6 is 0 Å². The molecule has 0 saturated carbocycles. The molecule has 0 aromatic heterocycles. The Labute approximate surface area is 102 Å². The molecule has 1 aromatic rings. The summed E-state index contributed by atoms with van der Waals surface area (Å²) in [5.41, 5.74) is 6.66. The molecule has 3 N–H and O–H groups in total. The molecular weight excluding hydrogens is 216 g/mol. The second-order valence-corrected chi connectivity index (χ2v) is 4.02. The number of rotatable bonds is 5. The summed E-state index contributed by atoms with van der Waals surface area (Å²) in [6.07, 6.45) is 0.636. The van der Waals surface area contributed by atoms with Gasteiger partial charge in [-0.3, -0.25) is 4.79 Å². The van der Waals surface area contributed by atoms with Gasteiger partial charge in [-0.15, -0.1) is 0 Å². The molecule has 0 radical (unpaired) electrons. The maximum Gasteiger partial charge on any atom is 0.237 e. The van der Waals surface area contributed by atoms with Crippen LogP contribution in [-0.2, 0) is 4.79 Å². The first kappa shape index (κ1) is 13.5. The van der Waals surface area contributed by atoms with Gasteiger partial charge in [-0.2, -0.15) is 0 Å². The molecule has 0 spiro atoms. The molecule has 4 heteroatoms. The molecular formula is C13H20N2O2. The van der Waals surface area contributed by atoms with Crippen LogP contribution in [0.3, 0.4) is 0 Å². The van der Waals surface area contributed by atoms with E-state index in [4.69, 9.17) is 10.5 Å². The highest BCUT2D eigenvalue weighted by atomic mass is 16.5. The number of nitrogens with two attached hydrogens (primary N) is 1. The number of methoxy groups -OCH3 is 1. The number of amides is 1. The maximum absolute atomic E-state index is 11.6. The van der Waals surface area contributed by atoms with Crippen molar-refractivity contribution in [3.05, 3.63) is 29.8 Å². The van der Waals surface area contributed by atoms with Gasteiger partial charge in [0.1, 0.15) is 5.75 Å². The molecule has 1 rings (SSSR count). The smallest absolute Gasteiger partial charge is 0.237 e. The first-order valence-electron chi connectivity index (χ1n) is 5.78. The Balaban J connectivity index is 2.69. The van der Waals surface area contributed by atoms with Gasteiger partial charge in [-0.25, -0.2) is 0 Å². The largest absolute Gasteiger partial charge is 0.497 e. The highest BCUT2D eigenvalue weighted by Crippen LogP contribution is 2.18. The summed E-state index contributed by atoms with van der Waals surface area (Å²) in [7, 11) is 1.62. The van der Waals surface area contributed by atoms with Crippen LogP contribution in [0.1, 0.15) is 31.9 Å². The molecule has 0 saturated heterocycles. The number of hydrogen-bond acceptors (Lipinski definition) is 3. The topological polar surface area (TPSA) is 64.4 Å². The molecule has 17 heavy (non-hydrogen) atoms. The Hall–Kier alpha value is -1.55. The third kappa shape index (κ3) is 3.75. The summed E-state index contributed by atoms with van der Waals surface area (Å²) < 4.78 is 5.14. The highest BCUT2D eigenvalue weighted by Gasteiger charge is 2.14. The number of carbonyl (C=O) groups is 1. The fourth-order valence-corrected chi connectivity index (χ4v) is 1.50. The van der Waals surface area contributed by atoms with E-state index < -0.39 is 6.04 Å². The van der Waals surface area contributed by atoms with Gasteiger partial charge in [-0.05, 0) is 31.0 Å². The summed E-state index contributed by atoms with van der Waals surface area (Å²) in [5, 5.41) is 2.88. The Morgan fingerprint density at radius 2 is 2.24 bits per heavy atom. The summed E-state index contributed by atoms with van der Waals surface area (Å²) in [6, 6.07) is 7.11. The number of benzene rings is 1. The first-order valence-corrected chi connectivity index (χ1v) is 5.78. The van der Waals surface area contributed by atoms with Crippen LogP contribution in [0.5, 0.6) is 5.75 Å². The minimum atomic E-state index is -0.442. The molecule has 1 amide bonds. The van der Waals surface area contributed by atoms with E-state index in [-0.39, 0.29) is 11.9 Å². The Morgan fingerprint density at radius 1 is 1.53 bits per heavy atom. The Bertz CT molecular complexity index is 379. The molecule has 0 bridgehead atoms. The third-order valence-electron chi connectivity index (χ3n) is 2.73. The summed E-state index contributed by atoms with van der Waals surface area (Å²) in [6.45, 7) is 3.81. The van der Waals surface area contributed by atoms with Crippen molar-refractivity contribution < 1.29 is 9.53 Å². The normalized spacial score (nSPS) is 13.9. The monoisotopic (exact) mass is 236 g/mol. The van der Waals surface area contributed by atoms with E-state index in [9.17, 15) is 4.79 Å². The van der Waals surface area contributed by atoms with Crippen molar-refractivity contribution in [1.29, 1.82) is 0 Å². The average Bonchev–Trinajstić information content (AvgIpc) is 2.37. The van der Waals surface area contributed by atoms with Crippen LogP contribution in [0.2, 0.25) is 0 Å². The van der Waals surface area contributed by atoms with Crippen molar-refractivity contribution >= 4 is 5.91 Å². The van der Waals surface area contributed by atoms with E-state index in [1.54, 1.807) is 7.11 Å². The molecule has 0 fully saturated rings. The van der Waals surface area contributed by atoms with Crippen molar-refractivity contribution in [3.63, 3.8) is 0 Å². The number of ether oxygens (including phenoxy) is 1. The Kier molecular flexibility index (Phi) is 4.97. The second kappa shape index (κ2) is 6.25. The predicted molar refractivity (Wildman–Crippen MR) is 67.8 cm³/mol. The number of carbonyl (C=O) groups excluding carboxylic acids is 1. The molecule has 2 atom stereocenters. The molecule has 0 aliphatic rings. The van der Waals surface area contributed by atoms with E-state index in [1.807, 2.05) is 38.1 Å². The minimum Gasteiger partial charge on any atom is -0.497 e. The van der Waals surface area contributed by atoms with Gasteiger partial charge in [0.2, 0.25) is 5.91 Å². The standard InChI is InChI=1S/C13H20N2O2/c1-4-12(14)13(16)15-9(2)10-6-5-7-11(8-10)17-3/h5-9,12H,4,14H2,1-3H3,(H,15,16)/t9-,12-/m1/s1. The van der Waals surface area contributed by atoms with Gasteiger partial charge in [0.05, 0.1) is 19.2 Å². The van der Waals surface area contributed by atoms with Gasteiger partial charge in [0.25, 0.3) is 0 Å². The van der Waals surface area contributed by atoms with Crippen LogP contribution in [0.4, 0.5) is 0 Å². The van der Waals surface area contributed by atoms with Crippen molar-refractivity contribution in [3.8, 4) is 5.75 Å². The zero-order chi connectivity index (χ0) is 12.8. The van der Waals surface area contributed by atoms with Gasteiger partial charge < -0.3 is 15.8 Å². The minimum absolute atomic E-state index is 0.0739. The van der Waals surface area contributed by atoms with Crippen molar-refractivity contribution in [2.75, 3.05) is 7.11 Å². The van der Waals surface area contributed by atoms with Gasteiger partial charge in [0.15, 0.2) is 0 Å². The predicted octanol–water partition coefficient (Wildman–Crippen LogP) is 1.61. The SMILES string of the molecule is CC[C@@H](N)C(=O)N[C@H](C)c1cccc(OC)c1. The Morgan fingerprint density at radius 3 is 2.82 bits per heavy atom. The van der Waals surface area contributed by atoms with Gasteiger partial charge in [0, 0.05) is 0 Å². The molecule has 0 unspecified atom stereocenters. The van der Waals surface area contributed by atoms with E-state index in [1.165, 1.54) is 0 Å². The highest BCUT2D eigenvalue weighted by molar-refractivity contribution is 5.81. The van der Waals surface area contributed by atoms with E-state index >= 15 is 0 Å². The lowest BCUT2D eigenvalue weighted by atomic mass is 10.1. The van der Waals surface area contributed by atoms with Crippen molar-refractivity contribution in [1.82, 2.24) is 5.32 Å². The molecule has 0 heterocycles. The maximum atomic E-state index is 11.6. The third-order valence-corrected chi connectivity index (χ3v) is 2.73. The lowest BCUT2D eigenvalue weighted by Gasteiger charge is -2.17. The quantitative estimate of drug-likeness (QED) is 0.816. The molecule has 0 aliphatic carbocycles. The van der Waals surface area contributed by atoms with E-state index in [2.05, 4.69) is 5.32 Å². The van der Waals surface area contributed by atoms with Crippen LogP contribution in [0.15, 0.2) is 24.3 Å². The zero-order valence-corrected chi connectivity index (χ0v) is 10.6. The summed E-state index contributed by atoms with van der Waals surface area (Å²) in [4.78, 5) is 11.6. The second-order valence-electron chi connectivity index (χ2n) is 4.02. The average molecular weight is 236 g/mol. The fourth-order valence-electron chi connectivity index (χ4n) is 1.50. The summed E-state index contributed by atoms with van der Waals surface area (Å²) >= 11 is 0. The molecule has 1 aromatic carbocycles. The first-order chi connectivity index (χ1) is 8.08. The molecule has 4 nitrogen and oxygen atoms in total. The lowest BCUT2D eigenvalue weighted by Crippen LogP contribution is -2.41. The van der Waals surface area contributed by atoms with Gasteiger partial charge >= 0.3 is 0 Å². The van der Waals surface area contributed by atoms with Gasteiger partial charge in [-0.1, -0.05) is 19.1 Å².